The number of para-hydroxylation sites is 1. The molecule has 0 atom stereocenters. The fourth-order valence-electron chi connectivity index (χ4n) is 3.07. The molecule has 0 aromatic heterocycles. The van der Waals surface area contributed by atoms with E-state index in [9.17, 15) is 15.2 Å². The molecule has 1 saturated carbocycles. The molecule has 5 nitrogen and oxygen atoms in total. The number of benzene rings is 1. The van der Waals surface area contributed by atoms with E-state index in [-0.39, 0.29) is 10.6 Å². The molecule has 0 bridgehead atoms. The maximum atomic E-state index is 10.9. The molecule has 0 heterocycles. The molecule has 0 saturated heterocycles. The quantitative estimate of drug-likeness (QED) is 0.624. The van der Waals surface area contributed by atoms with Crippen molar-refractivity contribution < 1.29 is 10.0 Å². The van der Waals surface area contributed by atoms with Gasteiger partial charge in [0.15, 0.2) is 0 Å². The van der Waals surface area contributed by atoms with Crippen LogP contribution in [0, 0.1) is 16.0 Å². The van der Waals surface area contributed by atoms with Gasteiger partial charge < -0.3 is 10.4 Å². The number of nitro groups is 1. The van der Waals surface area contributed by atoms with Crippen LogP contribution in [0.25, 0.3) is 0 Å². The summed E-state index contributed by atoms with van der Waals surface area (Å²) in [5.74, 6) is 0.737. The van der Waals surface area contributed by atoms with E-state index < -0.39 is 5.60 Å². The van der Waals surface area contributed by atoms with Crippen LogP contribution < -0.4 is 5.32 Å². The van der Waals surface area contributed by atoms with Crippen molar-refractivity contribution in [2.24, 2.45) is 5.92 Å². The molecule has 2 rings (SSSR count). The highest BCUT2D eigenvalue weighted by Crippen LogP contribution is 2.33. The summed E-state index contributed by atoms with van der Waals surface area (Å²) in [5.41, 5.74) is 0.134. The standard InChI is InChI=1S/C16H24N2O3/c1-2-13-7-9-16(19,10-8-13)12-17-11-14-5-3-4-6-15(14)18(20)21/h3-6,13,17,19H,2,7-12H2,1H3. The van der Waals surface area contributed by atoms with Crippen LogP contribution in [0.3, 0.4) is 0 Å². The van der Waals surface area contributed by atoms with E-state index in [0.29, 0.717) is 18.7 Å². The van der Waals surface area contributed by atoms with Crippen molar-refractivity contribution in [3.8, 4) is 0 Å². The summed E-state index contributed by atoms with van der Waals surface area (Å²) < 4.78 is 0. The zero-order valence-corrected chi connectivity index (χ0v) is 12.5. The second-order valence-electron chi connectivity index (χ2n) is 6.07. The lowest BCUT2D eigenvalue weighted by atomic mass is 9.78. The molecule has 1 aliphatic carbocycles. The highest BCUT2D eigenvalue weighted by molar-refractivity contribution is 5.39. The first kappa shape index (κ1) is 15.9. The van der Waals surface area contributed by atoms with E-state index in [2.05, 4.69) is 12.2 Å². The maximum absolute atomic E-state index is 10.9. The van der Waals surface area contributed by atoms with Crippen LogP contribution in [0.1, 0.15) is 44.6 Å². The van der Waals surface area contributed by atoms with Crippen LogP contribution in [0.15, 0.2) is 24.3 Å². The number of hydrogen-bond acceptors (Lipinski definition) is 4. The van der Waals surface area contributed by atoms with Crippen LogP contribution in [-0.4, -0.2) is 22.2 Å². The van der Waals surface area contributed by atoms with Crippen molar-refractivity contribution in [2.75, 3.05) is 6.54 Å². The molecule has 0 unspecified atom stereocenters. The van der Waals surface area contributed by atoms with Crippen molar-refractivity contribution in [3.63, 3.8) is 0 Å². The highest BCUT2D eigenvalue weighted by atomic mass is 16.6. The van der Waals surface area contributed by atoms with Gasteiger partial charge in [-0.15, -0.1) is 0 Å². The largest absolute Gasteiger partial charge is 0.389 e. The summed E-state index contributed by atoms with van der Waals surface area (Å²) in [6, 6.07) is 6.73. The Balaban J connectivity index is 1.86. The molecule has 1 aromatic rings. The molecule has 21 heavy (non-hydrogen) atoms. The minimum atomic E-state index is -0.658. The lowest BCUT2D eigenvalue weighted by molar-refractivity contribution is -0.385. The molecular formula is C16H24N2O3. The van der Waals surface area contributed by atoms with E-state index in [1.165, 1.54) is 12.5 Å². The molecule has 0 amide bonds. The van der Waals surface area contributed by atoms with Gasteiger partial charge in [0, 0.05) is 24.7 Å². The first-order chi connectivity index (χ1) is 10.0. The third-order valence-corrected chi connectivity index (χ3v) is 4.57. The Morgan fingerprint density at radius 1 is 1.38 bits per heavy atom. The van der Waals surface area contributed by atoms with Gasteiger partial charge in [-0.05, 0) is 31.6 Å². The van der Waals surface area contributed by atoms with Gasteiger partial charge in [0.25, 0.3) is 5.69 Å². The minimum Gasteiger partial charge on any atom is -0.389 e. The monoisotopic (exact) mass is 292 g/mol. The number of hydrogen-bond donors (Lipinski definition) is 2. The van der Waals surface area contributed by atoms with Crippen LogP contribution in [0.2, 0.25) is 0 Å². The molecule has 0 spiro atoms. The average Bonchev–Trinajstić information content (AvgIpc) is 2.48. The fourth-order valence-corrected chi connectivity index (χ4v) is 3.07. The van der Waals surface area contributed by atoms with E-state index in [1.807, 2.05) is 0 Å². The smallest absolute Gasteiger partial charge is 0.273 e. The predicted molar refractivity (Wildman–Crippen MR) is 82.0 cm³/mol. The van der Waals surface area contributed by atoms with E-state index in [0.717, 1.165) is 31.6 Å². The summed E-state index contributed by atoms with van der Waals surface area (Å²) in [4.78, 5) is 10.6. The van der Waals surface area contributed by atoms with Gasteiger partial charge in [-0.2, -0.15) is 0 Å². The Kier molecular flexibility index (Phi) is 5.31. The highest BCUT2D eigenvalue weighted by Gasteiger charge is 2.32. The van der Waals surface area contributed by atoms with E-state index in [1.54, 1.807) is 18.2 Å². The normalized spacial score (nSPS) is 25.7. The summed E-state index contributed by atoms with van der Waals surface area (Å²) in [6.45, 7) is 3.11. The number of aliphatic hydroxyl groups is 1. The molecule has 116 valence electrons. The predicted octanol–water partition coefficient (Wildman–Crippen LogP) is 3.02. The molecule has 1 fully saturated rings. The van der Waals surface area contributed by atoms with Gasteiger partial charge >= 0.3 is 0 Å². The zero-order valence-electron chi connectivity index (χ0n) is 12.5. The number of nitro benzene ring substituents is 1. The molecule has 0 aliphatic heterocycles. The van der Waals surface area contributed by atoms with Crippen molar-refractivity contribution >= 4 is 5.69 Å². The fraction of sp³-hybridized carbons (Fsp3) is 0.625. The summed E-state index contributed by atoms with van der Waals surface area (Å²) in [6.07, 6.45) is 4.95. The second-order valence-corrected chi connectivity index (χ2v) is 6.07. The van der Waals surface area contributed by atoms with Crippen LogP contribution >= 0.6 is 0 Å². The Hall–Kier alpha value is -1.46. The summed E-state index contributed by atoms with van der Waals surface area (Å²) >= 11 is 0. The van der Waals surface area contributed by atoms with Gasteiger partial charge in [-0.1, -0.05) is 31.5 Å². The zero-order chi connectivity index (χ0) is 15.3. The van der Waals surface area contributed by atoms with Crippen LogP contribution in [0.5, 0.6) is 0 Å². The molecule has 0 radical (unpaired) electrons. The number of nitrogens with one attached hydrogen (secondary N) is 1. The average molecular weight is 292 g/mol. The maximum Gasteiger partial charge on any atom is 0.273 e. The van der Waals surface area contributed by atoms with Gasteiger partial charge in [0.05, 0.1) is 10.5 Å². The second kappa shape index (κ2) is 7.00. The summed E-state index contributed by atoms with van der Waals surface area (Å²) in [5, 5.41) is 24.7. The van der Waals surface area contributed by atoms with E-state index in [4.69, 9.17) is 0 Å². The number of rotatable bonds is 6. The minimum absolute atomic E-state index is 0.131. The van der Waals surface area contributed by atoms with E-state index >= 15 is 0 Å². The van der Waals surface area contributed by atoms with Crippen LogP contribution in [-0.2, 0) is 6.54 Å². The summed E-state index contributed by atoms with van der Waals surface area (Å²) in [7, 11) is 0. The first-order valence-corrected chi connectivity index (χ1v) is 7.69. The SMILES string of the molecule is CCC1CCC(O)(CNCc2ccccc2[N+](=O)[O-])CC1. The Bertz CT molecular complexity index is 482. The Labute approximate surface area is 125 Å². The van der Waals surface area contributed by atoms with Crippen molar-refractivity contribution in [3.05, 3.63) is 39.9 Å². The molecule has 1 aromatic carbocycles. The Morgan fingerprint density at radius 3 is 2.67 bits per heavy atom. The van der Waals surface area contributed by atoms with Gasteiger partial charge in [-0.25, -0.2) is 0 Å². The molecular weight excluding hydrogens is 268 g/mol. The topological polar surface area (TPSA) is 75.4 Å². The van der Waals surface area contributed by atoms with Crippen molar-refractivity contribution in [2.45, 2.75) is 51.2 Å². The van der Waals surface area contributed by atoms with Crippen molar-refractivity contribution in [1.82, 2.24) is 5.32 Å². The van der Waals surface area contributed by atoms with Gasteiger partial charge in [0.1, 0.15) is 0 Å². The Morgan fingerprint density at radius 2 is 2.05 bits per heavy atom. The van der Waals surface area contributed by atoms with Crippen molar-refractivity contribution in [1.29, 1.82) is 0 Å². The first-order valence-electron chi connectivity index (χ1n) is 7.69. The third kappa shape index (κ3) is 4.25. The van der Waals surface area contributed by atoms with Gasteiger partial charge in [0.2, 0.25) is 0 Å². The molecule has 1 aliphatic rings. The third-order valence-electron chi connectivity index (χ3n) is 4.57. The number of nitrogens with zero attached hydrogens (tertiary/aromatic N) is 1. The lowest BCUT2D eigenvalue weighted by Gasteiger charge is -2.36. The van der Waals surface area contributed by atoms with Crippen LogP contribution in [0.4, 0.5) is 5.69 Å². The molecule has 5 heteroatoms. The van der Waals surface area contributed by atoms with Gasteiger partial charge in [-0.3, -0.25) is 10.1 Å². The molecule has 2 N–H and O–H groups in total. The lowest BCUT2D eigenvalue weighted by Crippen LogP contribution is -2.43.